The van der Waals surface area contributed by atoms with Crippen LogP contribution >= 0.6 is 0 Å². The van der Waals surface area contributed by atoms with Gasteiger partial charge in [0.2, 0.25) is 5.91 Å². The lowest BCUT2D eigenvalue weighted by atomic mass is 10.6. The normalized spacial score (nSPS) is 8.29. The molecule has 0 aromatic heterocycles. The van der Waals surface area contributed by atoms with E-state index in [9.17, 15) is 4.79 Å². The minimum atomic E-state index is -0.449. The fraction of sp³-hybridized carbons (Fsp3) is 0.500. The Morgan fingerprint density at radius 3 is 2.57 bits per heavy atom. The first kappa shape index (κ1) is 6.43. The second-order valence-electron chi connectivity index (χ2n) is 1.01. The van der Waals surface area contributed by atoms with E-state index >= 15 is 0 Å². The highest BCUT2D eigenvalue weighted by atomic mass is 16.3. The Bertz CT molecular complexity index is 62.7. The minimum absolute atomic E-state index is 0.333. The van der Waals surface area contributed by atoms with Crippen LogP contribution in [0.3, 0.4) is 0 Å². The molecule has 2 N–H and O–H groups in total. The molecule has 0 rings (SSSR count). The topological polar surface area (TPSA) is 49.3 Å². The van der Waals surface area contributed by atoms with Crippen LogP contribution in [0.2, 0.25) is 0 Å². The summed E-state index contributed by atoms with van der Waals surface area (Å²) in [6.07, 6.45) is 0. The molecule has 0 saturated carbocycles. The fourth-order valence-corrected chi connectivity index (χ4v) is 0.195. The lowest BCUT2D eigenvalue weighted by Crippen LogP contribution is -2.25. The molecular formula is C4H8NO2. The van der Waals surface area contributed by atoms with E-state index in [1.54, 1.807) is 0 Å². The van der Waals surface area contributed by atoms with Gasteiger partial charge >= 0.3 is 0 Å². The van der Waals surface area contributed by atoms with Gasteiger partial charge < -0.3 is 10.4 Å². The average molecular weight is 102 g/mol. The van der Waals surface area contributed by atoms with Gasteiger partial charge in [0.15, 0.2) is 0 Å². The second-order valence-corrected chi connectivity index (χ2v) is 1.01. The summed E-state index contributed by atoms with van der Waals surface area (Å²) in [6, 6.07) is 0. The van der Waals surface area contributed by atoms with E-state index in [0.717, 1.165) is 0 Å². The third kappa shape index (κ3) is 3.26. The highest BCUT2D eigenvalue weighted by molar-refractivity contribution is 5.76. The largest absolute Gasteiger partial charge is 0.387 e. The molecular weight excluding hydrogens is 94.0 g/mol. The van der Waals surface area contributed by atoms with E-state index in [0.29, 0.717) is 6.54 Å². The molecule has 0 aliphatic rings. The van der Waals surface area contributed by atoms with Gasteiger partial charge in [0.05, 0.1) is 0 Å². The van der Waals surface area contributed by atoms with Gasteiger partial charge in [-0.3, -0.25) is 4.79 Å². The zero-order chi connectivity index (χ0) is 5.70. The Morgan fingerprint density at radius 2 is 2.43 bits per heavy atom. The Kier molecular flexibility index (Phi) is 3.32. The molecule has 3 nitrogen and oxygen atoms in total. The summed E-state index contributed by atoms with van der Waals surface area (Å²) in [5.74, 6) is -0.380. The van der Waals surface area contributed by atoms with Crippen LogP contribution in [-0.2, 0) is 4.79 Å². The lowest BCUT2D eigenvalue weighted by Gasteiger charge is -1.93. The molecule has 0 aromatic rings. The Hall–Kier alpha value is -0.570. The van der Waals surface area contributed by atoms with E-state index in [4.69, 9.17) is 5.11 Å². The minimum Gasteiger partial charge on any atom is -0.387 e. The number of aliphatic hydroxyl groups is 1. The first-order valence-electron chi connectivity index (χ1n) is 1.98. The number of carbonyl (C=O) groups excluding carboxylic acids is 1. The Balaban J connectivity index is 3.00. The van der Waals surface area contributed by atoms with Crippen molar-refractivity contribution < 1.29 is 9.90 Å². The molecule has 0 aliphatic heterocycles. The van der Waals surface area contributed by atoms with Crippen LogP contribution in [0.15, 0.2) is 0 Å². The highest BCUT2D eigenvalue weighted by Crippen LogP contribution is 1.57. The molecule has 0 aliphatic carbocycles. The molecule has 0 spiro atoms. The third-order valence-corrected chi connectivity index (χ3v) is 0.466. The standard InChI is InChI=1S/C4H8NO2/c1-2-5-4(7)3-6/h6H,1-3H2,(H,5,7). The summed E-state index contributed by atoms with van der Waals surface area (Å²) in [5, 5.41) is 10.3. The SMILES string of the molecule is [CH2]CNC(=O)CO. The van der Waals surface area contributed by atoms with Gasteiger partial charge in [-0.25, -0.2) is 0 Å². The number of amides is 1. The summed E-state index contributed by atoms with van der Waals surface area (Å²) < 4.78 is 0. The predicted octanol–water partition coefficient (Wildman–Crippen LogP) is -1.07. The maximum atomic E-state index is 10.0. The zero-order valence-corrected chi connectivity index (χ0v) is 3.98. The molecule has 0 fully saturated rings. The van der Waals surface area contributed by atoms with Crippen LogP contribution in [0.1, 0.15) is 0 Å². The van der Waals surface area contributed by atoms with Crippen LogP contribution < -0.4 is 5.32 Å². The molecule has 41 valence electrons. The van der Waals surface area contributed by atoms with E-state index in [-0.39, 0.29) is 5.91 Å². The van der Waals surface area contributed by atoms with Crippen LogP contribution in [0.25, 0.3) is 0 Å². The molecule has 3 heteroatoms. The van der Waals surface area contributed by atoms with Crippen molar-refractivity contribution in [3.63, 3.8) is 0 Å². The summed E-state index contributed by atoms with van der Waals surface area (Å²) in [6.45, 7) is 3.21. The van der Waals surface area contributed by atoms with Crippen LogP contribution in [0.4, 0.5) is 0 Å². The molecule has 0 atom stereocenters. The molecule has 0 heterocycles. The smallest absolute Gasteiger partial charge is 0.245 e. The molecule has 0 aromatic carbocycles. The van der Waals surface area contributed by atoms with Gasteiger partial charge in [-0.2, -0.15) is 0 Å². The van der Waals surface area contributed by atoms with Crippen molar-refractivity contribution in [2.24, 2.45) is 0 Å². The quantitative estimate of drug-likeness (QED) is 0.466. The summed E-state index contributed by atoms with van der Waals surface area (Å²) in [5.41, 5.74) is 0. The van der Waals surface area contributed by atoms with Crippen LogP contribution in [0, 0.1) is 6.92 Å². The Labute approximate surface area is 42.3 Å². The lowest BCUT2D eigenvalue weighted by molar-refractivity contribution is -0.123. The highest BCUT2D eigenvalue weighted by Gasteiger charge is 1.89. The van der Waals surface area contributed by atoms with Gasteiger partial charge in [0.1, 0.15) is 6.61 Å². The van der Waals surface area contributed by atoms with Crippen molar-refractivity contribution in [1.29, 1.82) is 0 Å². The number of rotatable bonds is 2. The maximum absolute atomic E-state index is 10.0. The van der Waals surface area contributed by atoms with Crippen molar-refractivity contribution >= 4 is 5.91 Å². The predicted molar refractivity (Wildman–Crippen MR) is 25.5 cm³/mol. The average Bonchev–Trinajstić information content (AvgIpc) is 1.68. The van der Waals surface area contributed by atoms with Gasteiger partial charge in [-0.15, -0.1) is 0 Å². The van der Waals surface area contributed by atoms with E-state index in [1.807, 2.05) is 0 Å². The third-order valence-electron chi connectivity index (χ3n) is 0.466. The molecule has 1 radical (unpaired) electrons. The van der Waals surface area contributed by atoms with Gasteiger partial charge in [-0.05, 0) is 6.92 Å². The van der Waals surface area contributed by atoms with E-state index in [1.165, 1.54) is 0 Å². The molecule has 7 heavy (non-hydrogen) atoms. The van der Waals surface area contributed by atoms with Gasteiger partial charge in [-0.1, -0.05) is 0 Å². The van der Waals surface area contributed by atoms with Gasteiger partial charge in [0, 0.05) is 6.54 Å². The van der Waals surface area contributed by atoms with Crippen molar-refractivity contribution in [2.45, 2.75) is 0 Å². The number of aliphatic hydroxyl groups excluding tert-OH is 1. The number of nitrogens with one attached hydrogen (secondary N) is 1. The van der Waals surface area contributed by atoms with Crippen molar-refractivity contribution in [1.82, 2.24) is 5.32 Å². The maximum Gasteiger partial charge on any atom is 0.245 e. The Morgan fingerprint density at radius 1 is 1.86 bits per heavy atom. The van der Waals surface area contributed by atoms with Crippen molar-refractivity contribution in [3.8, 4) is 0 Å². The van der Waals surface area contributed by atoms with E-state index < -0.39 is 6.61 Å². The van der Waals surface area contributed by atoms with Crippen LogP contribution in [0.5, 0.6) is 0 Å². The van der Waals surface area contributed by atoms with Crippen molar-refractivity contribution in [2.75, 3.05) is 13.2 Å². The number of hydrogen-bond acceptors (Lipinski definition) is 2. The summed E-state index contributed by atoms with van der Waals surface area (Å²) in [7, 11) is 0. The molecule has 0 bridgehead atoms. The van der Waals surface area contributed by atoms with E-state index in [2.05, 4.69) is 12.2 Å². The van der Waals surface area contributed by atoms with Gasteiger partial charge in [0.25, 0.3) is 0 Å². The monoisotopic (exact) mass is 102 g/mol. The van der Waals surface area contributed by atoms with Crippen molar-refractivity contribution in [3.05, 3.63) is 6.92 Å². The second kappa shape index (κ2) is 3.61. The first-order chi connectivity index (χ1) is 3.31. The fourth-order valence-electron chi connectivity index (χ4n) is 0.195. The zero-order valence-electron chi connectivity index (χ0n) is 3.98. The summed E-state index contributed by atoms with van der Waals surface area (Å²) in [4.78, 5) is 10.0. The molecule has 0 unspecified atom stereocenters. The number of hydrogen-bond donors (Lipinski definition) is 2. The van der Waals surface area contributed by atoms with Crippen LogP contribution in [-0.4, -0.2) is 24.2 Å². The summed E-state index contributed by atoms with van der Waals surface area (Å²) >= 11 is 0. The number of carbonyl (C=O) groups is 1. The molecule has 0 saturated heterocycles. The molecule has 1 amide bonds. The first-order valence-corrected chi connectivity index (χ1v) is 1.98.